The van der Waals surface area contributed by atoms with Gasteiger partial charge in [0.15, 0.2) is 0 Å². The van der Waals surface area contributed by atoms with Crippen molar-refractivity contribution in [3.63, 3.8) is 0 Å². The summed E-state index contributed by atoms with van der Waals surface area (Å²) in [6.45, 7) is 2.37. The number of rotatable bonds is 4. The summed E-state index contributed by atoms with van der Waals surface area (Å²) in [7, 11) is 0. The van der Waals surface area contributed by atoms with E-state index in [9.17, 15) is 15.2 Å². The highest BCUT2D eigenvalue weighted by molar-refractivity contribution is 9.10. The van der Waals surface area contributed by atoms with Gasteiger partial charge in [0.1, 0.15) is 17.9 Å². The number of hydrogen-bond acceptors (Lipinski definition) is 5. The number of halogens is 1. The molecule has 1 aliphatic rings. The molecule has 7 nitrogen and oxygen atoms in total. The maximum Gasteiger partial charge on any atom is 0.325 e. The van der Waals surface area contributed by atoms with E-state index in [1.807, 2.05) is 28.0 Å². The van der Waals surface area contributed by atoms with Gasteiger partial charge in [-0.25, -0.2) is 4.98 Å². The van der Waals surface area contributed by atoms with Gasteiger partial charge in [0, 0.05) is 59.5 Å². The number of hydrogen-bond donors (Lipinski definition) is 2. The van der Waals surface area contributed by atoms with Crippen molar-refractivity contribution in [3.05, 3.63) is 58.3 Å². The average molecular weight is 440 g/mol. The summed E-state index contributed by atoms with van der Waals surface area (Å²) in [5.41, 5.74) is 2.20. The van der Waals surface area contributed by atoms with Gasteiger partial charge in [-0.2, -0.15) is 5.26 Å². The highest BCUT2D eigenvalue weighted by Gasteiger charge is 2.32. The Morgan fingerprint density at radius 2 is 2.07 bits per heavy atom. The molecule has 0 bridgehead atoms. The molecule has 1 saturated heterocycles. The van der Waals surface area contributed by atoms with Crippen molar-refractivity contribution in [2.45, 2.75) is 6.04 Å². The number of H-pyrrole nitrogens is 1. The zero-order valence-corrected chi connectivity index (χ0v) is 16.6. The molecule has 3 aromatic rings. The lowest BCUT2D eigenvalue weighted by atomic mass is 10.0. The number of aromatic amines is 1. The summed E-state index contributed by atoms with van der Waals surface area (Å²) in [6, 6.07) is 10.7. The van der Waals surface area contributed by atoms with Gasteiger partial charge in [0.05, 0.1) is 5.56 Å². The number of pyridine rings is 1. The fraction of sp³-hybridized carbons (Fsp3) is 0.250. The zero-order chi connectivity index (χ0) is 19.7. The SMILES string of the molecule is N#Cc1cccnc1N1CCN([C@H](C(=O)O)c2c[nH]c3cc(Br)ccc23)CC1. The first-order chi connectivity index (χ1) is 13.6. The maximum atomic E-state index is 12.1. The molecule has 8 heteroatoms. The van der Waals surface area contributed by atoms with Crippen LogP contribution in [-0.2, 0) is 4.79 Å². The van der Waals surface area contributed by atoms with E-state index in [2.05, 4.69) is 32.0 Å². The topological polar surface area (TPSA) is 96.2 Å². The molecule has 0 unspecified atom stereocenters. The van der Waals surface area contributed by atoms with E-state index < -0.39 is 12.0 Å². The van der Waals surface area contributed by atoms with Crippen molar-refractivity contribution in [1.82, 2.24) is 14.9 Å². The average Bonchev–Trinajstić information content (AvgIpc) is 3.11. The van der Waals surface area contributed by atoms with Crippen LogP contribution in [0.5, 0.6) is 0 Å². The Bertz CT molecular complexity index is 1070. The van der Waals surface area contributed by atoms with Gasteiger partial charge in [0.25, 0.3) is 0 Å². The van der Waals surface area contributed by atoms with Crippen LogP contribution in [0, 0.1) is 11.3 Å². The molecule has 0 aliphatic carbocycles. The minimum Gasteiger partial charge on any atom is -0.480 e. The predicted molar refractivity (Wildman–Crippen MR) is 109 cm³/mol. The molecule has 0 saturated carbocycles. The van der Waals surface area contributed by atoms with Crippen LogP contribution in [0.2, 0.25) is 0 Å². The highest BCUT2D eigenvalue weighted by Crippen LogP contribution is 2.31. The first-order valence-electron chi connectivity index (χ1n) is 8.92. The number of benzene rings is 1. The van der Waals surface area contributed by atoms with E-state index >= 15 is 0 Å². The lowest BCUT2D eigenvalue weighted by Gasteiger charge is -2.38. The molecule has 2 N–H and O–H groups in total. The van der Waals surface area contributed by atoms with Crippen LogP contribution in [0.1, 0.15) is 17.2 Å². The van der Waals surface area contributed by atoms with Crippen LogP contribution in [0.15, 0.2) is 47.2 Å². The molecule has 0 spiro atoms. The van der Waals surface area contributed by atoms with Gasteiger partial charge in [-0.15, -0.1) is 0 Å². The van der Waals surface area contributed by atoms with E-state index in [1.165, 1.54) is 0 Å². The Balaban J connectivity index is 1.57. The smallest absolute Gasteiger partial charge is 0.325 e. The third-order valence-electron chi connectivity index (χ3n) is 5.09. The second kappa shape index (κ2) is 7.62. The molecule has 4 rings (SSSR count). The fourth-order valence-corrected chi connectivity index (χ4v) is 4.12. The minimum atomic E-state index is -0.868. The van der Waals surface area contributed by atoms with Crippen molar-refractivity contribution >= 4 is 38.6 Å². The first kappa shape index (κ1) is 18.5. The lowest BCUT2D eigenvalue weighted by Crippen LogP contribution is -2.49. The summed E-state index contributed by atoms with van der Waals surface area (Å²) >= 11 is 3.44. The number of piperazine rings is 1. The van der Waals surface area contributed by atoms with Crippen molar-refractivity contribution in [2.75, 3.05) is 31.1 Å². The van der Waals surface area contributed by atoms with E-state index in [4.69, 9.17) is 0 Å². The molecular weight excluding hydrogens is 422 g/mol. The Morgan fingerprint density at radius 3 is 2.79 bits per heavy atom. The molecule has 1 fully saturated rings. The number of nitriles is 1. The summed E-state index contributed by atoms with van der Waals surface area (Å²) < 4.78 is 0.942. The summed E-state index contributed by atoms with van der Waals surface area (Å²) in [5, 5.41) is 20.1. The van der Waals surface area contributed by atoms with Crippen LogP contribution in [0.3, 0.4) is 0 Å². The molecule has 142 valence electrons. The minimum absolute atomic E-state index is 0.535. The van der Waals surface area contributed by atoms with Crippen molar-refractivity contribution in [3.8, 4) is 6.07 Å². The van der Waals surface area contributed by atoms with Crippen molar-refractivity contribution in [2.24, 2.45) is 0 Å². The van der Waals surface area contributed by atoms with Crippen LogP contribution in [0.25, 0.3) is 10.9 Å². The van der Waals surface area contributed by atoms with Crippen LogP contribution < -0.4 is 4.90 Å². The van der Waals surface area contributed by atoms with Gasteiger partial charge in [0.2, 0.25) is 0 Å². The Morgan fingerprint density at radius 1 is 1.29 bits per heavy atom. The maximum absolute atomic E-state index is 12.1. The largest absolute Gasteiger partial charge is 0.480 e. The summed E-state index contributed by atoms with van der Waals surface area (Å²) in [5.74, 6) is -0.207. The standard InChI is InChI=1S/C20H18BrN5O2/c21-14-3-4-15-16(12-24-17(15)10-14)18(20(27)28)25-6-8-26(9-7-25)19-13(11-22)2-1-5-23-19/h1-5,10,12,18,24H,6-9H2,(H,27,28)/t18-/m0/s1. The van der Waals surface area contributed by atoms with E-state index in [0.29, 0.717) is 37.6 Å². The monoisotopic (exact) mass is 439 g/mol. The number of fused-ring (bicyclic) bond motifs is 1. The normalized spacial score (nSPS) is 16.1. The molecule has 2 aromatic heterocycles. The van der Waals surface area contributed by atoms with Crippen LogP contribution in [0.4, 0.5) is 5.82 Å². The molecule has 3 heterocycles. The molecule has 1 atom stereocenters. The Hall–Kier alpha value is -2.89. The third-order valence-corrected chi connectivity index (χ3v) is 5.58. The molecule has 1 aliphatic heterocycles. The molecular formula is C20H18BrN5O2. The number of carboxylic acid groups (broad SMARTS) is 1. The number of aromatic nitrogens is 2. The number of nitrogens with one attached hydrogen (secondary N) is 1. The number of carboxylic acids is 1. The van der Waals surface area contributed by atoms with Gasteiger partial charge in [-0.1, -0.05) is 22.0 Å². The van der Waals surface area contributed by atoms with Crippen molar-refractivity contribution < 1.29 is 9.90 Å². The number of nitrogens with zero attached hydrogens (tertiary/aromatic N) is 4. The van der Waals surface area contributed by atoms with Gasteiger partial charge >= 0.3 is 5.97 Å². The fourth-order valence-electron chi connectivity index (χ4n) is 3.76. The predicted octanol–water partition coefficient (Wildman–Crippen LogP) is 3.14. The summed E-state index contributed by atoms with van der Waals surface area (Å²) in [6.07, 6.45) is 3.46. The molecule has 0 radical (unpaired) electrons. The van der Waals surface area contributed by atoms with Crippen LogP contribution >= 0.6 is 15.9 Å². The van der Waals surface area contributed by atoms with Crippen molar-refractivity contribution in [1.29, 1.82) is 5.26 Å². The zero-order valence-electron chi connectivity index (χ0n) is 15.0. The van der Waals surface area contributed by atoms with E-state index in [0.717, 1.165) is 20.9 Å². The summed E-state index contributed by atoms with van der Waals surface area (Å²) in [4.78, 5) is 23.7. The molecule has 0 amide bonds. The lowest BCUT2D eigenvalue weighted by molar-refractivity contribution is -0.143. The second-order valence-corrected chi connectivity index (χ2v) is 7.60. The first-order valence-corrected chi connectivity index (χ1v) is 9.71. The van der Waals surface area contributed by atoms with E-state index in [-0.39, 0.29) is 0 Å². The quantitative estimate of drug-likeness (QED) is 0.647. The molecule has 28 heavy (non-hydrogen) atoms. The highest BCUT2D eigenvalue weighted by atomic mass is 79.9. The van der Waals surface area contributed by atoms with Gasteiger partial charge < -0.3 is 15.0 Å². The Kier molecular flexibility index (Phi) is 5.03. The number of anilines is 1. The Labute approximate surface area is 170 Å². The van der Waals surface area contributed by atoms with E-state index in [1.54, 1.807) is 24.5 Å². The number of aliphatic carboxylic acids is 1. The van der Waals surface area contributed by atoms with Gasteiger partial charge in [-0.3, -0.25) is 9.69 Å². The number of carbonyl (C=O) groups is 1. The third kappa shape index (κ3) is 3.35. The van der Waals surface area contributed by atoms with Crippen LogP contribution in [-0.4, -0.2) is 52.1 Å². The molecule has 1 aromatic carbocycles. The van der Waals surface area contributed by atoms with Gasteiger partial charge in [-0.05, 0) is 24.3 Å². The second-order valence-electron chi connectivity index (χ2n) is 6.68.